The number of carbonyl (C=O) groups excluding carboxylic acids is 1. The summed E-state index contributed by atoms with van der Waals surface area (Å²) in [6.07, 6.45) is 2.20. The highest BCUT2D eigenvalue weighted by Gasteiger charge is 2.53. The molecule has 0 aromatic heterocycles. The average molecular weight is 310 g/mol. The van der Waals surface area contributed by atoms with Gasteiger partial charge in [-0.2, -0.15) is 0 Å². The van der Waals surface area contributed by atoms with Crippen LogP contribution in [0.1, 0.15) is 46.5 Å². The molecule has 2 heterocycles. The lowest BCUT2D eigenvalue weighted by atomic mass is 9.82. The van der Waals surface area contributed by atoms with Crippen molar-refractivity contribution in [3.63, 3.8) is 0 Å². The van der Waals surface area contributed by atoms with Crippen molar-refractivity contribution in [2.45, 2.75) is 64.2 Å². The third-order valence-electron chi connectivity index (χ3n) is 5.05. The van der Waals surface area contributed by atoms with E-state index in [9.17, 15) is 9.59 Å². The fourth-order valence-corrected chi connectivity index (χ4v) is 3.50. The molecule has 0 radical (unpaired) electrons. The lowest BCUT2D eigenvalue weighted by Gasteiger charge is -2.51. The van der Waals surface area contributed by atoms with Crippen molar-refractivity contribution < 1.29 is 19.4 Å². The van der Waals surface area contributed by atoms with Gasteiger partial charge in [0.1, 0.15) is 6.10 Å². The van der Waals surface area contributed by atoms with Gasteiger partial charge < -0.3 is 19.6 Å². The van der Waals surface area contributed by atoms with Crippen LogP contribution in [0.15, 0.2) is 0 Å². The Bertz CT molecular complexity index is 473. The lowest BCUT2D eigenvalue weighted by molar-refractivity contribution is -0.209. The molecule has 1 spiro atoms. The topological polar surface area (TPSA) is 70.1 Å². The van der Waals surface area contributed by atoms with Crippen molar-refractivity contribution in [1.82, 2.24) is 9.80 Å². The van der Waals surface area contributed by atoms with Crippen LogP contribution in [0.2, 0.25) is 0 Å². The fourth-order valence-electron chi connectivity index (χ4n) is 3.50. The zero-order valence-corrected chi connectivity index (χ0v) is 13.7. The minimum atomic E-state index is -0.867. The number of ether oxygens (including phenoxy) is 1. The Hall–Kier alpha value is -1.30. The van der Waals surface area contributed by atoms with Gasteiger partial charge in [0.25, 0.3) is 5.91 Å². The molecular formula is C16H26N2O4. The highest BCUT2D eigenvalue weighted by atomic mass is 16.5. The largest absolute Gasteiger partial charge is 0.465 e. The highest BCUT2D eigenvalue weighted by Crippen LogP contribution is 2.41. The summed E-state index contributed by atoms with van der Waals surface area (Å²) in [6.45, 7) is 7.69. The molecule has 0 aromatic rings. The van der Waals surface area contributed by atoms with Crippen molar-refractivity contribution in [2.75, 3.05) is 19.6 Å². The third-order valence-corrected chi connectivity index (χ3v) is 5.05. The molecule has 2 saturated heterocycles. The molecule has 1 unspecified atom stereocenters. The van der Waals surface area contributed by atoms with Crippen LogP contribution < -0.4 is 0 Å². The van der Waals surface area contributed by atoms with E-state index in [1.54, 1.807) is 0 Å². The average Bonchev–Trinajstić information content (AvgIpc) is 3.25. The van der Waals surface area contributed by atoms with E-state index in [0.29, 0.717) is 38.5 Å². The Labute approximate surface area is 131 Å². The first-order valence-corrected chi connectivity index (χ1v) is 8.18. The number of carboxylic acid groups (broad SMARTS) is 1. The van der Waals surface area contributed by atoms with E-state index >= 15 is 0 Å². The fraction of sp³-hybridized carbons (Fsp3) is 0.875. The first kappa shape index (κ1) is 15.6. The second-order valence-corrected chi connectivity index (χ2v) is 8.01. The molecule has 1 aliphatic carbocycles. The third kappa shape index (κ3) is 2.81. The maximum Gasteiger partial charge on any atom is 0.407 e. The molecule has 1 N–H and O–H groups in total. The molecular weight excluding hydrogens is 284 g/mol. The monoisotopic (exact) mass is 310 g/mol. The molecule has 0 aromatic carbocycles. The van der Waals surface area contributed by atoms with Crippen LogP contribution >= 0.6 is 0 Å². The molecule has 0 bridgehead atoms. The summed E-state index contributed by atoms with van der Waals surface area (Å²) < 4.78 is 6.32. The predicted octanol–water partition coefficient (Wildman–Crippen LogP) is 1.93. The summed E-state index contributed by atoms with van der Waals surface area (Å²) in [4.78, 5) is 27.3. The Morgan fingerprint density at radius 3 is 2.32 bits per heavy atom. The Morgan fingerprint density at radius 2 is 1.86 bits per heavy atom. The van der Waals surface area contributed by atoms with Crippen molar-refractivity contribution in [3.05, 3.63) is 0 Å². The Morgan fingerprint density at radius 1 is 1.27 bits per heavy atom. The van der Waals surface area contributed by atoms with Gasteiger partial charge in [0, 0.05) is 19.1 Å². The number of hydrogen-bond donors (Lipinski definition) is 1. The highest BCUT2D eigenvalue weighted by molar-refractivity contribution is 5.83. The van der Waals surface area contributed by atoms with Crippen molar-refractivity contribution in [1.29, 1.82) is 0 Å². The normalized spacial score (nSPS) is 29.0. The van der Waals surface area contributed by atoms with Crippen LogP contribution in [0.25, 0.3) is 0 Å². The summed E-state index contributed by atoms with van der Waals surface area (Å²) in [5.74, 6) is 0.112. The number of piperidine rings is 1. The van der Waals surface area contributed by atoms with Crippen LogP contribution in [-0.2, 0) is 9.53 Å². The maximum atomic E-state index is 12.7. The number of hydrogen-bond acceptors (Lipinski definition) is 3. The number of carbonyl (C=O) groups is 2. The van der Waals surface area contributed by atoms with Crippen molar-refractivity contribution in [3.8, 4) is 0 Å². The molecule has 3 fully saturated rings. The van der Waals surface area contributed by atoms with E-state index in [4.69, 9.17) is 9.84 Å². The van der Waals surface area contributed by atoms with Crippen LogP contribution in [0.5, 0.6) is 0 Å². The molecule has 3 aliphatic rings. The van der Waals surface area contributed by atoms with E-state index in [-0.39, 0.29) is 16.9 Å². The molecule has 6 nitrogen and oxygen atoms in total. The number of morpholine rings is 1. The van der Waals surface area contributed by atoms with Crippen molar-refractivity contribution in [2.24, 2.45) is 5.41 Å². The van der Waals surface area contributed by atoms with Gasteiger partial charge in [-0.05, 0) is 31.1 Å². The number of amides is 2. The quantitative estimate of drug-likeness (QED) is 0.803. The summed E-state index contributed by atoms with van der Waals surface area (Å²) in [6, 6.07) is 0.371. The second-order valence-electron chi connectivity index (χ2n) is 8.01. The van der Waals surface area contributed by atoms with Crippen LogP contribution in [0, 0.1) is 5.41 Å². The molecule has 3 rings (SSSR count). The van der Waals surface area contributed by atoms with Gasteiger partial charge in [-0.1, -0.05) is 20.8 Å². The van der Waals surface area contributed by atoms with Gasteiger partial charge >= 0.3 is 6.09 Å². The Balaban J connectivity index is 1.80. The number of nitrogens with zero attached hydrogens (tertiary/aromatic N) is 2. The molecule has 124 valence electrons. The van der Waals surface area contributed by atoms with Gasteiger partial charge in [0.2, 0.25) is 0 Å². The summed E-state index contributed by atoms with van der Waals surface area (Å²) >= 11 is 0. The van der Waals surface area contributed by atoms with E-state index < -0.39 is 12.2 Å². The summed E-state index contributed by atoms with van der Waals surface area (Å²) in [5, 5.41) is 9.12. The maximum absolute atomic E-state index is 12.7. The molecule has 1 saturated carbocycles. The number of likely N-dealkylation sites (tertiary alicyclic amines) is 1. The molecule has 2 amide bonds. The molecule has 22 heavy (non-hydrogen) atoms. The van der Waals surface area contributed by atoms with E-state index in [2.05, 4.69) is 0 Å². The van der Waals surface area contributed by atoms with E-state index in [0.717, 1.165) is 12.8 Å². The SMILES string of the molecule is CC(C)(C)C1OC2(CCN(C(=O)O)CC2)CN(C2CC2)C1=O. The van der Waals surface area contributed by atoms with E-state index in [1.165, 1.54) is 4.90 Å². The lowest BCUT2D eigenvalue weighted by Crippen LogP contribution is -2.64. The van der Waals surface area contributed by atoms with Gasteiger partial charge in [0.05, 0.1) is 12.1 Å². The number of rotatable bonds is 1. The standard InChI is InChI=1S/C16H26N2O4/c1-15(2,3)12-13(19)18(11-4-5-11)10-16(22-12)6-8-17(9-7-16)14(20)21/h11-12H,4-10H2,1-3H3,(H,20,21). The van der Waals surface area contributed by atoms with Crippen LogP contribution in [-0.4, -0.2) is 64.3 Å². The predicted molar refractivity (Wildman–Crippen MR) is 80.6 cm³/mol. The molecule has 1 atom stereocenters. The second kappa shape index (κ2) is 5.11. The summed E-state index contributed by atoms with van der Waals surface area (Å²) in [7, 11) is 0. The van der Waals surface area contributed by atoms with Gasteiger partial charge in [-0.25, -0.2) is 4.79 Å². The Kier molecular flexibility index (Phi) is 3.62. The van der Waals surface area contributed by atoms with Crippen LogP contribution in [0.3, 0.4) is 0 Å². The van der Waals surface area contributed by atoms with Gasteiger partial charge in [-0.15, -0.1) is 0 Å². The van der Waals surface area contributed by atoms with E-state index in [1.807, 2.05) is 25.7 Å². The van der Waals surface area contributed by atoms with Crippen molar-refractivity contribution >= 4 is 12.0 Å². The minimum Gasteiger partial charge on any atom is -0.465 e. The zero-order chi connectivity index (χ0) is 16.1. The molecule has 6 heteroatoms. The minimum absolute atomic E-state index is 0.112. The smallest absolute Gasteiger partial charge is 0.407 e. The zero-order valence-electron chi connectivity index (χ0n) is 13.7. The molecule has 2 aliphatic heterocycles. The van der Waals surface area contributed by atoms with Gasteiger partial charge in [0.15, 0.2) is 0 Å². The van der Waals surface area contributed by atoms with Crippen LogP contribution in [0.4, 0.5) is 4.79 Å². The summed E-state index contributed by atoms with van der Waals surface area (Å²) in [5.41, 5.74) is -0.623. The van der Waals surface area contributed by atoms with Gasteiger partial charge in [-0.3, -0.25) is 4.79 Å². The first-order valence-electron chi connectivity index (χ1n) is 8.18. The first-order chi connectivity index (χ1) is 10.2.